The van der Waals surface area contributed by atoms with Crippen molar-refractivity contribution < 1.29 is 33.6 Å². The molecule has 6 atom stereocenters. The molecule has 63 heavy (non-hydrogen) atoms. The summed E-state index contributed by atoms with van der Waals surface area (Å²) < 4.78 is 0. The van der Waals surface area contributed by atoms with Crippen molar-refractivity contribution in [3.8, 4) is 0 Å². The van der Waals surface area contributed by atoms with E-state index in [9.17, 15) is 33.6 Å². The minimum atomic E-state index is -0.593. The van der Waals surface area contributed by atoms with Crippen molar-refractivity contribution in [2.75, 3.05) is 0 Å². The van der Waals surface area contributed by atoms with Crippen LogP contribution >= 0.6 is 0 Å². The highest BCUT2D eigenvalue weighted by Crippen LogP contribution is 2.34. The Morgan fingerprint density at radius 1 is 0.429 bits per heavy atom. The molecular weight excluding hydrogens is 797 g/mol. The standard InChI is InChI=1S/2C17H20N2O2.C16H18N2O3/c2*1-11-9-10-15(17(21)18-11)19-16(20)14-8-4-6-12-5-2-3-7-13(12)14;19-14-9-8-13(16(21)18-14)17-15(20)12-7-3-5-10-4-1-2-6-11(10)12/h2*2-3,5,7,14-15H,1,4,6,8-10H2,(H,18,21)(H,19,20);1-2,4,6,12-13H,3,5,7-9H2,(H,17,20)(H,18,19,21)/t2*14-,15?;12-,13+/m101/s1. The first-order valence-corrected chi connectivity index (χ1v) is 22.4. The van der Waals surface area contributed by atoms with E-state index in [2.05, 4.69) is 63.3 Å². The zero-order valence-electron chi connectivity index (χ0n) is 35.8. The number of fused-ring (bicyclic) bond motifs is 3. The summed E-state index contributed by atoms with van der Waals surface area (Å²) in [6, 6.07) is 22.7. The van der Waals surface area contributed by atoms with Gasteiger partial charge in [0.2, 0.25) is 41.4 Å². The van der Waals surface area contributed by atoms with Crippen molar-refractivity contribution in [1.82, 2.24) is 31.9 Å². The third kappa shape index (κ3) is 11.2. The van der Waals surface area contributed by atoms with E-state index in [4.69, 9.17) is 0 Å². The summed E-state index contributed by atoms with van der Waals surface area (Å²) in [5.74, 6) is -1.60. The number of hydrogen-bond donors (Lipinski definition) is 6. The molecule has 3 aromatic rings. The third-order valence-electron chi connectivity index (χ3n) is 12.9. The van der Waals surface area contributed by atoms with Gasteiger partial charge in [-0.15, -0.1) is 0 Å². The van der Waals surface area contributed by atoms with Crippen LogP contribution in [0.15, 0.2) is 97.3 Å². The average molecular weight is 855 g/mol. The highest BCUT2D eigenvalue weighted by atomic mass is 16.2. The van der Waals surface area contributed by atoms with Gasteiger partial charge in [0, 0.05) is 17.8 Å². The van der Waals surface area contributed by atoms with Gasteiger partial charge >= 0.3 is 0 Å². The van der Waals surface area contributed by atoms with E-state index in [0.29, 0.717) is 19.3 Å². The molecule has 0 saturated carbocycles. The normalized spacial score (nSPS) is 25.0. The van der Waals surface area contributed by atoms with Crippen LogP contribution in [0.1, 0.15) is 128 Å². The Hall–Kier alpha value is -6.37. The Morgan fingerprint density at radius 3 is 1.08 bits per heavy atom. The second kappa shape index (κ2) is 20.7. The number of rotatable bonds is 6. The molecule has 13 nitrogen and oxygen atoms in total. The fraction of sp³-hybridized carbons (Fsp3) is 0.420. The van der Waals surface area contributed by atoms with Crippen LogP contribution in [0.2, 0.25) is 0 Å². The fourth-order valence-corrected chi connectivity index (χ4v) is 9.55. The monoisotopic (exact) mass is 854 g/mol. The molecule has 6 aliphatic rings. The van der Waals surface area contributed by atoms with Crippen LogP contribution in [0.3, 0.4) is 0 Å². The molecule has 7 amide bonds. The molecule has 0 bridgehead atoms. The minimum Gasteiger partial charge on any atom is -0.344 e. The first-order chi connectivity index (χ1) is 30.4. The van der Waals surface area contributed by atoms with E-state index < -0.39 is 24.0 Å². The van der Waals surface area contributed by atoms with Crippen molar-refractivity contribution in [3.05, 3.63) is 131 Å². The van der Waals surface area contributed by atoms with Gasteiger partial charge in [-0.3, -0.25) is 38.9 Å². The summed E-state index contributed by atoms with van der Waals surface area (Å²) in [6.07, 6.45) is 11.9. The summed E-state index contributed by atoms with van der Waals surface area (Å²) in [7, 11) is 0. The van der Waals surface area contributed by atoms with E-state index in [1.165, 1.54) is 16.7 Å². The molecule has 0 spiro atoms. The van der Waals surface area contributed by atoms with Crippen molar-refractivity contribution >= 4 is 41.4 Å². The number of aryl methyl sites for hydroxylation is 3. The molecule has 13 heteroatoms. The molecule has 3 aliphatic heterocycles. The maximum absolute atomic E-state index is 12.5. The summed E-state index contributed by atoms with van der Waals surface area (Å²) in [6.45, 7) is 7.51. The fourth-order valence-electron chi connectivity index (χ4n) is 9.55. The summed E-state index contributed by atoms with van der Waals surface area (Å²) in [4.78, 5) is 84.2. The molecule has 3 heterocycles. The smallest absolute Gasteiger partial charge is 0.249 e. The highest BCUT2D eigenvalue weighted by molar-refractivity contribution is 6.02. The van der Waals surface area contributed by atoms with Gasteiger partial charge in [0.05, 0.1) is 17.8 Å². The van der Waals surface area contributed by atoms with Crippen LogP contribution in [0, 0.1) is 0 Å². The molecule has 330 valence electrons. The molecule has 0 aromatic heterocycles. The minimum absolute atomic E-state index is 0.0326. The maximum atomic E-state index is 12.5. The van der Waals surface area contributed by atoms with Gasteiger partial charge < -0.3 is 26.6 Å². The second-order valence-corrected chi connectivity index (χ2v) is 17.3. The Morgan fingerprint density at radius 2 is 0.746 bits per heavy atom. The molecule has 3 fully saturated rings. The van der Waals surface area contributed by atoms with Crippen molar-refractivity contribution in [2.45, 2.75) is 132 Å². The van der Waals surface area contributed by atoms with Crippen LogP contribution in [-0.4, -0.2) is 59.5 Å². The lowest BCUT2D eigenvalue weighted by atomic mass is 9.82. The number of nitrogens with one attached hydrogen (secondary N) is 6. The number of piperidine rings is 3. The molecule has 3 aliphatic carbocycles. The summed E-state index contributed by atoms with van der Waals surface area (Å²) in [5.41, 5.74) is 8.47. The van der Waals surface area contributed by atoms with Gasteiger partial charge in [-0.1, -0.05) is 86.0 Å². The zero-order chi connectivity index (χ0) is 44.5. The Balaban J connectivity index is 0.000000142. The lowest BCUT2D eigenvalue weighted by Gasteiger charge is -2.29. The summed E-state index contributed by atoms with van der Waals surface area (Å²) in [5, 5.41) is 16.3. The van der Waals surface area contributed by atoms with Crippen LogP contribution in [-0.2, 0) is 52.8 Å². The number of amides is 7. The van der Waals surface area contributed by atoms with Crippen LogP contribution in [0.5, 0.6) is 0 Å². The first kappa shape index (κ1) is 44.7. The van der Waals surface area contributed by atoms with Gasteiger partial charge in [0.1, 0.15) is 18.1 Å². The Labute approximate surface area is 368 Å². The number of hydrogen-bond acceptors (Lipinski definition) is 7. The molecule has 3 saturated heterocycles. The molecular formula is C50H58N6O7. The van der Waals surface area contributed by atoms with Gasteiger partial charge in [-0.05, 0) is 123 Å². The first-order valence-electron chi connectivity index (χ1n) is 22.4. The molecule has 0 radical (unpaired) electrons. The predicted octanol–water partition coefficient (Wildman–Crippen LogP) is 5.06. The highest BCUT2D eigenvalue weighted by Gasteiger charge is 2.34. The van der Waals surface area contributed by atoms with Gasteiger partial charge in [-0.2, -0.15) is 0 Å². The number of imide groups is 1. The van der Waals surface area contributed by atoms with Gasteiger partial charge in [-0.25, -0.2) is 0 Å². The predicted molar refractivity (Wildman–Crippen MR) is 238 cm³/mol. The van der Waals surface area contributed by atoms with Gasteiger partial charge in [0.15, 0.2) is 0 Å². The van der Waals surface area contributed by atoms with E-state index >= 15 is 0 Å². The lowest BCUT2D eigenvalue weighted by Crippen LogP contribution is -2.53. The van der Waals surface area contributed by atoms with E-state index in [-0.39, 0.29) is 59.6 Å². The van der Waals surface area contributed by atoms with E-state index in [1.807, 2.05) is 54.6 Å². The van der Waals surface area contributed by atoms with Crippen LogP contribution < -0.4 is 31.9 Å². The largest absolute Gasteiger partial charge is 0.344 e. The average Bonchev–Trinajstić information content (AvgIpc) is 3.29. The van der Waals surface area contributed by atoms with Crippen molar-refractivity contribution in [3.63, 3.8) is 0 Å². The molecule has 9 rings (SSSR count). The number of carbonyl (C=O) groups excluding carboxylic acids is 7. The van der Waals surface area contributed by atoms with Crippen molar-refractivity contribution in [1.29, 1.82) is 0 Å². The molecule has 3 aromatic carbocycles. The summed E-state index contributed by atoms with van der Waals surface area (Å²) >= 11 is 0. The second-order valence-electron chi connectivity index (χ2n) is 17.3. The van der Waals surface area contributed by atoms with E-state index in [0.717, 1.165) is 98.7 Å². The lowest BCUT2D eigenvalue weighted by molar-refractivity contribution is -0.137. The number of carbonyl (C=O) groups is 7. The third-order valence-corrected chi connectivity index (χ3v) is 12.9. The SMILES string of the molecule is C=C1CCC(NC(=O)[C@@H]2CCCc3ccccc32)C(=O)N1.C=C1CCC(NC(=O)[C@H]2CCCc3ccccc32)C(=O)N1.O=C1CC[C@H](NC(=O)[C@@H]2CCCc3ccccc32)C(=O)N1. The Bertz CT molecular complexity index is 2040. The Kier molecular flexibility index (Phi) is 14.7. The zero-order valence-corrected chi connectivity index (χ0v) is 35.8. The number of benzene rings is 3. The maximum Gasteiger partial charge on any atom is 0.249 e. The van der Waals surface area contributed by atoms with Crippen molar-refractivity contribution in [2.24, 2.45) is 0 Å². The van der Waals surface area contributed by atoms with Gasteiger partial charge in [0.25, 0.3) is 0 Å². The molecule has 2 unspecified atom stereocenters. The number of allylic oxidation sites excluding steroid dienone is 2. The quantitative estimate of drug-likeness (QED) is 0.187. The molecule has 6 N–H and O–H groups in total. The van der Waals surface area contributed by atoms with Crippen LogP contribution in [0.25, 0.3) is 0 Å². The van der Waals surface area contributed by atoms with Crippen LogP contribution in [0.4, 0.5) is 0 Å². The van der Waals surface area contributed by atoms with E-state index in [1.54, 1.807) is 0 Å². The topological polar surface area (TPSA) is 192 Å².